The normalized spacial score (nSPS) is 11.3. The molecule has 0 aromatic heterocycles. The highest BCUT2D eigenvalue weighted by Gasteiger charge is 2.10. The number of para-hydroxylation sites is 2. The summed E-state index contributed by atoms with van der Waals surface area (Å²) in [6, 6.07) is 28.2. The molecule has 0 spiro atoms. The molecule has 32 heavy (non-hydrogen) atoms. The van der Waals surface area contributed by atoms with E-state index in [2.05, 4.69) is 60.9 Å². The first kappa shape index (κ1) is 22.8. The van der Waals surface area contributed by atoms with Crippen LogP contribution in [0.1, 0.15) is 25.3 Å². The number of carbonyl (C=O) groups excluding carboxylic acids is 1. The van der Waals surface area contributed by atoms with Crippen LogP contribution in [0.5, 0.6) is 5.75 Å². The van der Waals surface area contributed by atoms with Crippen molar-refractivity contribution in [3.8, 4) is 5.75 Å². The van der Waals surface area contributed by atoms with Gasteiger partial charge < -0.3 is 9.64 Å². The van der Waals surface area contributed by atoms with E-state index < -0.39 is 0 Å². The molecule has 0 aliphatic rings. The van der Waals surface area contributed by atoms with Gasteiger partial charge in [0.25, 0.3) is 6.47 Å². The van der Waals surface area contributed by atoms with Crippen molar-refractivity contribution in [3.63, 3.8) is 0 Å². The molecule has 162 valence electrons. The van der Waals surface area contributed by atoms with Crippen LogP contribution < -0.4 is 9.64 Å². The van der Waals surface area contributed by atoms with Gasteiger partial charge in [-0.05, 0) is 74.2 Å². The first-order valence-corrected chi connectivity index (χ1v) is 10.8. The van der Waals surface area contributed by atoms with E-state index in [-0.39, 0.29) is 0 Å². The number of aryl methyl sites for hydroxylation is 1. The summed E-state index contributed by atoms with van der Waals surface area (Å²) >= 11 is 0. The lowest BCUT2D eigenvalue weighted by atomic mass is 10.0. The lowest BCUT2D eigenvalue weighted by molar-refractivity contribution is -0.120. The Bertz CT molecular complexity index is 1010. The van der Waals surface area contributed by atoms with E-state index in [1.165, 1.54) is 11.1 Å². The maximum absolute atomic E-state index is 10.4. The number of carbonyl (C=O) groups is 1. The minimum absolute atomic E-state index is 0.449. The Hall–Kier alpha value is -3.85. The molecule has 0 atom stereocenters. The third kappa shape index (κ3) is 6.58. The molecule has 3 heteroatoms. The second-order valence-corrected chi connectivity index (χ2v) is 7.41. The smallest absolute Gasteiger partial charge is 0.298 e. The van der Waals surface area contributed by atoms with Gasteiger partial charge in [0.15, 0.2) is 0 Å². The third-order valence-electron chi connectivity index (χ3n) is 5.22. The molecule has 0 unspecified atom stereocenters. The van der Waals surface area contributed by atoms with Gasteiger partial charge in [0.2, 0.25) is 0 Å². The minimum Gasteiger partial charge on any atom is -0.429 e. The van der Waals surface area contributed by atoms with E-state index >= 15 is 0 Å². The maximum Gasteiger partial charge on any atom is 0.298 e. The van der Waals surface area contributed by atoms with Crippen molar-refractivity contribution in [3.05, 3.63) is 127 Å². The molecular formula is C29H29NO2. The zero-order chi connectivity index (χ0) is 22.6. The van der Waals surface area contributed by atoms with Crippen LogP contribution in [0, 0.1) is 0 Å². The second kappa shape index (κ2) is 12.1. The van der Waals surface area contributed by atoms with Crippen molar-refractivity contribution < 1.29 is 9.53 Å². The maximum atomic E-state index is 10.4. The zero-order valence-corrected chi connectivity index (χ0v) is 18.5. The van der Waals surface area contributed by atoms with E-state index in [1.807, 2.05) is 60.7 Å². The van der Waals surface area contributed by atoms with Gasteiger partial charge in [-0.1, -0.05) is 72.8 Å². The molecule has 0 bridgehead atoms. The van der Waals surface area contributed by atoms with Crippen LogP contribution in [0.3, 0.4) is 0 Å². The first-order chi connectivity index (χ1) is 15.7. The predicted octanol–water partition coefficient (Wildman–Crippen LogP) is 7.40. The van der Waals surface area contributed by atoms with E-state index in [4.69, 9.17) is 4.74 Å². The first-order valence-electron chi connectivity index (χ1n) is 10.8. The van der Waals surface area contributed by atoms with Crippen LogP contribution in [0.15, 0.2) is 121 Å². The van der Waals surface area contributed by atoms with E-state index in [1.54, 1.807) is 0 Å². The SMILES string of the molecule is C=C(/C=C\C(=C/C)CCCc1ccc(OC=O)cc1)N(c1ccccc1)c1ccccc1. The number of hydrogen-bond donors (Lipinski definition) is 0. The van der Waals surface area contributed by atoms with Crippen LogP contribution in [0.4, 0.5) is 11.4 Å². The Balaban J connectivity index is 1.63. The van der Waals surface area contributed by atoms with Gasteiger partial charge in [-0.25, -0.2) is 0 Å². The highest BCUT2D eigenvalue weighted by Crippen LogP contribution is 2.29. The minimum atomic E-state index is 0.449. The third-order valence-corrected chi connectivity index (χ3v) is 5.22. The largest absolute Gasteiger partial charge is 0.429 e. The van der Waals surface area contributed by atoms with Crippen molar-refractivity contribution in [1.82, 2.24) is 0 Å². The fourth-order valence-corrected chi connectivity index (χ4v) is 3.52. The predicted molar refractivity (Wildman–Crippen MR) is 133 cm³/mol. The average Bonchev–Trinajstić information content (AvgIpc) is 2.84. The molecule has 0 amide bonds. The second-order valence-electron chi connectivity index (χ2n) is 7.41. The monoisotopic (exact) mass is 423 g/mol. The molecule has 0 heterocycles. The quantitative estimate of drug-likeness (QED) is 0.238. The number of nitrogens with zero attached hydrogens (tertiary/aromatic N) is 1. The van der Waals surface area contributed by atoms with E-state index in [0.29, 0.717) is 12.2 Å². The van der Waals surface area contributed by atoms with Crippen molar-refractivity contribution in [2.75, 3.05) is 4.90 Å². The summed E-state index contributed by atoms with van der Waals surface area (Å²) in [4.78, 5) is 12.6. The van der Waals surface area contributed by atoms with Crippen LogP contribution >= 0.6 is 0 Å². The van der Waals surface area contributed by atoms with Gasteiger partial charge in [0.1, 0.15) is 5.75 Å². The van der Waals surface area contributed by atoms with Gasteiger partial charge in [-0.2, -0.15) is 0 Å². The standard InChI is InChI=1S/C29H29NO2/c1-3-25(11-10-12-26-19-21-29(22-20-26)32-23-31)18-17-24(2)30(27-13-6-4-7-14-27)28-15-8-5-9-16-28/h3-9,13-23H,2,10-12H2,1H3/b18-17-,25-3-. The highest BCUT2D eigenvalue weighted by molar-refractivity contribution is 5.69. The van der Waals surface area contributed by atoms with Crippen molar-refractivity contribution >= 4 is 17.8 Å². The number of rotatable bonds is 11. The topological polar surface area (TPSA) is 29.5 Å². The van der Waals surface area contributed by atoms with Gasteiger partial charge in [0.05, 0.1) is 0 Å². The molecule has 3 rings (SSSR count). The summed E-state index contributed by atoms with van der Waals surface area (Å²) in [5.41, 5.74) is 5.57. The molecule has 3 nitrogen and oxygen atoms in total. The van der Waals surface area contributed by atoms with Crippen molar-refractivity contribution in [2.24, 2.45) is 0 Å². The molecule has 0 N–H and O–H groups in total. The fourth-order valence-electron chi connectivity index (χ4n) is 3.52. The van der Waals surface area contributed by atoms with E-state index in [0.717, 1.165) is 36.3 Å². The van der Waals surface area contributed by atoms with E-state index in [9.17, 15) is 4.79 Å². The lowest BCUT2D eigenvalue weighted by Crippen LogP contribution is -2.14. The number of allylic oxidation sites excluding steroid dienone is 4. The molecule has 0 saturated heterocycles. The Morgan fingerprint density at radius 1 is 0.875 bits per heavy atom. The Kier molecular flexibility index (Phi) is 8.64. The molecule has 3 aromatic carbocycles. The van der Waals surface area contributed by atoms with Crippen LogP contribution in [0.25, 0.3) is 0 Å². The average molecular weight is 424 g/mol. The Morgan fingerprint density at radius 3 is 2.00 bits per heavy atom. The molecular weight excluding hydrogens is 394 g/mol. The summed E-state index contributed by atoms with van der Waals surface area (Å²) in [5.74, 6) is 0.570. The molecule has 0 aliphatic heterocycles. The number of anilines is 2. The lowest BCUT2D eigenvalue weighted by Gasteiger charge is -2.25. The Morgan fingerprint density at radius 2 is 1.47 bits per heavy atom. The van der Waals surface area contributed by atoms with Crippen LogP contribution in [-0.2, 0) is 11.2 Å². The van der Waals surface area contributed by atoms with Crippen molar-refractivity contribution in [1.29, 1.82) is 0 Å². The van der Waals surface area contributed by atoms with Gasteiger partial charge in [0, 0.05) is 17.1 Å². The van der Waals surface area contributed by atoms with Crippen molar-refractivity contribution in [2.45, 2.75) is 26.2 Å². The molecule has 0 fully saturated rings. The zero-order valence-electron chi connectivity index (χ0n) is 18.5. The molecule has 0 aliphatic carbocycles. The summed E-state index contributed by atoms with van der Waals surface area (Å²) in [5, 5.41) is 0. The fraction of sp³-hybridized carbons (Fsp3) is 0.138. The molecule has 3 aromatic rings. The van der Waals surface area contributed by atoms with Crippen LogP contribution in [0.2, 0.25) is 0 Å². The van der Waals surface area contributed by atoms with Crippen LogP contribution in [-0.4, -0.2) is 6.47 Å². The summed E-state index contributed by atoms with van der Waals surface area (Å²) in [6.07, 6.45) is 9.37. The summed E-state index contributed by atoms with van der Waals surface area (Å²) < 4.78 is 4.85. The molecule has 0 saturated carbocycles. The van der Waals surface area contributed by atoms with Gasteiger partial charge >= 0.3 is 0 Å². The highest BCUT2D eigenvalue weighted by atomic mass is 16.5. The van der Waals surface area contributed by atoms with Gasteiger partial charge in [-0.3, -0.25) is 4.79 Å². The summed E-state index contributed by atoms with van der Waals surface area (Å²) in [6.45, 7) is 6.86. The Labute approximate surface area is 191 Å². The number of hydrogen-bond acceptors (Lipinski definition) is 3. The summed E-state index contributed by atoms with van der Waals surface area (Å²) in [7, 11) is 0. The number of ether oxygens (including phenoxy) is 1. The van der Waals surface area contributed by atoms with Gasteiger partial charge in [-0.15, -0.1) is 0 Å². The number of benzene rings is 3. The molecule has 0 radical (unpaired) electrons.